The van der Waals surface area contributed by atoms with Crippen LogP contribution in [0.1, 0.15) is 44.0 Å². The van der Waals surface area contributed by atoms with E-state index >= 15 is 0 Å². The van der Waals surface area contributed by atoms with Crippen LogP contribution in [-0.2, 0) is 9.59 Å². The number of nitrogens with one attached hydrogen (secondary N) is 2. The molecule has 0 aliphatic heterocycles. The van der Waals surface area contributed by atoms with E-state index < -0.39 is 0 Å². The number of hydrogen-bond donors (Lipinski definition) is 2. The van der Waals surface area contributed by atoms with Gasteiger partial charge in [0.25, 0.3) is 0 Å². The molecule has 27 heavy (non-hydrogen) atoms. The highest BCUT2D eigenvalue weighted by molar-refractivity contribution is 5.98. The minimum absolute atomic E-state index is 0.0576. The van der Waals surface area contributed by atoms with Crippen LogP contribution in [0.15, 0.2) is 54.6 Å². The fourth-order valence-corrected chi connectivity index (χ4v) is 2.58. The van der Waals surface area contributed by atoms with Gasteiger partial charge in [0, 0.05) is 23.9 Å². The van der Waals surface area contributed by atoms with E-state index in [2.05, 4.69) is 10.6 Å². The van der Waals surface area contributed by atoms with Gasteiger partial charge < -0.3 is 10.6 Å². The third-order valence-electron chi connectivity index (χ3n) is 3.85. The average molecular weight is 366 g/mol. The molecule has 0 fully saturated rings. The van der Waals surface area contributed by atoms with Crippen molar-refractivity contribution in [3.63, 3.8) is 0 Å². The number of hydrogen-bond acceptors (Lipinski definition) is 3. The summed E-state index contributed by atoms with van der Waals surface area (Å²) < 4.78 is 0. The molecule has 0 atom stereocenters. The summed E-state index contributed by atoms with van der Waals surface area (Å²) in [5, 5.41) is 5.30. The Morgan fingerprint density at radius 2 is 1.37 bits per heavy atom. The highest BCUT2D eigenvalue weighted by Gasteiger charge is 2.15. The van der Waals surface area contributed by atoms with E-state index in [-0.39, 0.29) is 42.5 Å². The molecule has 0 aliphatic carbocycles. The predicted molar refractivity (Wildman–Crippen MR) is 106 cm³/mol. The molecule has 5 heteroatoms. The quantitative estimate of drug-likeness (QED) is 0.738. The third-order valence-corrected chi connectivity index (χ3v) is 3.85. The number of ketones is 1. The Labute approximate surface area is 160 Å². The predicted octanol–water partition coefficient (Wildman–Crippen LogP) is 3.35. The van der Waals surface area contributed by atoms with Crippen molar-refractivity contribution < 1.29 is 14.4 Å². The van der Waals surface area contributed by atoms with E-state index in [4.69, 9.17) is 0 Å². The Balaban J connectivity index is 1.80. The summed E-state index contributed by atoms with van der Waals surface area (Å²) in [5.74, 6) is -0.657. The molecule has 0 unspecified atom stereocenters. The first-order valence-corrected chi connectivity index (χ1v) is 9.01. The fraction of sp³-hybridized carbons (Fsp3) is 0.318. The molecule has 0 radical (unpaired) electrons. The maximum Gasteiger partial charge on any atom is 0.239 e. The van der Waals surface area contributed by atoms with Gasteiger partial charge in [-0.05, 0) is 31.9 Å². The van der Waals surface area contributed by atoms with Gasteiger partial charge in [-0.25, -0.2) is 0 Å². The Hall–Kier alpha value is -2.95. The number of carbonyl (C=O) groups excluding carboxylic acids is 3. The van der Waals surface area contributed by atoms with Gasteiger partial charge in [-0.2, -0.15) is 0 Å². The molecule has 2 amide bonds. The molecule has 2 aromatic rings. The van der Waals surface area contributed by atoms with Crippen molar-refractivity contribution in [1.29, 1.82) is 0 Å². The van der Waals surface area contributed by atoms with Crippen LogP contribution in [0.25, 0.3) is 11.1 Å². The van der Waals surface area contributed by atoms with Gasteiger partial charge in [-0.3, -0.25) is 14.4 Å². The lowest BCUT2D eigenvalue weighted by Gasteiger charge is -2.20. The number of amides is 2. The van der Waals surface area contributed by atoms with Crippen LogP contribution < -0.4 is 10.6 Å². The van der Waals surface area contributed by atoms with E-state index in [1.807, 2.05) is 63.2 Å². The zero-order chi connectivity index (χ0) is 19.9. The van der Waals surface area contributed by atoms with Crippen molar-refractivity contribution in [1.82, 2.24) is 10.6 Å². The van der Waals surface area contributed by atoms with E-state index in [1.165, 1.54) is 0 Å². The molecule has 5 nitrogen and oxygen atoms in total. The summed E-state index contributed by atoms with van der Waals surface area (Å²) in [4.78, 5) is 35.8. The van der Waals surface area contributed by atoms with Crippen molar-refractivity contribution in [3.8, 4) is 11.1 Å². The van der Waals surface area contributed by atoms with Crippen LogP contribution in [0.3, 0.4) is 0 Å². The molecule has 0 saturated heterocycles. The first kappa shape index (κ1) is 20.4. The minimum Gasteiger partial charge on any atom is -0.350 e. The van der Waals surface area contributed by atoms with Crippen LogP contribution >= 0.6 is 0 Å². The Morgan fingerprint density at radius 3 is 1.96 bits per heavy atom. The van der Waals surface area contributed by atoms with Gasteiger partial charge in [-0.1, -0.05) is 54.6 Å². The zero-order valence-electron chi connectivity index (χ0n) is 16.0. The zero-order valence-corrected chi connectivity index (χ0v) is 16.0. The summed E-state index contributed by atoms with van der Waals surface area (Å²) in [6, 6.07) is 17.3. The van der Waals surface area contributed by atoms with Crippen molar-refractivity contribution in [2.45, 2.75) is 39.2 Å². The smallest absolute Gasteiger partial charge is 0.239 e. The summed E-state index contributed by atoms with van der Waals surface area (Å²) in [5.41, 5.74) is 2.36. The molecule has 142 valence electrons. The average Bonchev–Trinajstić information content (AvgIpc) is 2.64. The topological polar surface area (TPSA) is 75.3 Å². The van der Waals surface area contributed by atoms with Gasteiger partial charge in [0.1, 0.15) is 0 Å². The van der Waals surface area contributed by atoms with Crippen molar-refractivity contribution in [3.05, 3.63) is 60.2 Å². The Kier molecular flexibility index (Phi) is 6.88. The van der Waals surface area contributed by atoms with Gasteiger partial charge in [0.05, 0.1) is 6.54 Å². The second-order valence-electron chi connectivity index (χ2n) is 7.44. The van der Waals surface area contributed by atoms with Crippen molar-refractivity contribution in [2.75, 3.05) is 6.54 Å². The SMILES string of the molecule is CC(C)(C)NC(=O)CNC(=O)CCC(=O)c1ccc(-c2ccccc2)cc1. The van der Waals surface area contributed by atoms with Crippen LogP contribution in [-0.4, -0.2) is 29.7 Å². The fourth-order valence-electron chi connectivity index (χ4n) is 2.58. The van der Waals surface area contributed by atoms with E-state index in [0.717, 1.165) is 11.1 Å². The van der Waals surface area contributed by atoms with E-state index in [0.29, 0.717) is 5.56 Å². The number of benzene rings is 2. The molecular formula is C22H26N2O3. The number of Topliss-reactive ketones (excluding diaryl/α,β-unsaturated/α-hetero) is 1. The summed E-state index contributed by atoms with van der Waals surface area (Å²) in [6.07, 6.45) is 0.166. The Morgan fingerprint density at radius 1 is 0.778 bits per heavy atom. The van der Waals surface area contributed by atoms with E-state index in [9.17, 15) is 14.4 Å². The lowest BCUT2D eigenvalue weighted by Crippen LogP contribution is -2.45. The normalized spacial score (nSPS) is 10.9. The molecule has 2 aromatic carbocycles. The third kappa shape index (κ3) is 7.05. The summed E-state index contributed by atoms with van der Waals surface area (Å²) in [7, 11) is 0. The van der Waals surface area contributed by atoms with Gasteiger partial charge in [0.2, 0.25) is 11.8 Å². The first-order chi connectivity index (χ1) is 12.7. The monoisotopic (exact) mass is 366 g/mol. The maximum atomic E-state index is 12.3. The molecule has 2 N–H and O–H groups in total. The molecule has 0 bridgehead atoms. The molecule has 0 aromatic heterocycles. The number of carbonyl (C=O) groups is 3. The molecule has 0 saturated carbocycles. The van der Waals surface area contributed by atoms with Crippen LogP contribution in [0, 0.1) is 0 Å². The van der Waals surface area contributed by atoms with E-state index in [1.54, 1.807) is 12.1 Å². The lowest BCUT2D eigenvalue weighted by molar-refractivity contribution is -0.126. The molecule has 0 aliphatic rings. The van der Waals surface area contributed by atoms with Gasteiger partial charge in [-0.15, -0.1) is 0 Å². The van der Waals surface area contributed by atoms with Crippen LogP contribution in [0.5, 0.6) is 0 Å². The number of rotatable bonds is 7. The maximum absolute atomic E-state index is 12.3. The standard InChI is InChI=1S/C22H26N2O3/c1-22(2,3)24-21(27)15-23-20(26)14-13-19(25)18-11-9-17(10-12-18)16-7-5-4-6-8-16/h4-12H,13-15H2,1-3H3,(H,23,26)(H,24,27). The highest BCUT2D eigenvalue weighted by atomic mass is 16.2. The summed E-state index contributed by atoms with van der Waals surface area (Å²) in [6.45, 7) is 5.52. The molecule has 0 heterocycles. The molecular weight excluding hydrogens is 340 g/mol. The van der Waals surface area contributed by atoms with Gasteiger partial charge >= 0.3 is 0 Å². The first-order valence-electron chi connectivity index (χ1n) is 9.01. The van der Waals surface area contributed by atoms with Gasteiger partial charge in [0.15, 0.2) is 5.78 Å². The largest absolute Gasteiger partial charge is 0.350 e. The highest BCUT2D eigenvalue weighted by Crippen LogP contribution is 2.19. The molecule has 2 rings (SSSR count). The van der Waals surface area contributed by atoms with Crippen molar-refractivity contribution >= 4 is 17.6 Å². The second kappa shape index (κ2) is 9.12. The van der Waals surface area contributed by atoms with Crippen molar-refractivity contribution in [2.24, 2.45) is 0 Å². The Bertz CT molecular complexity index is 791. The minimum atomic E-state index is -0.344. The lowest BCUT2D eigenvalue weighted by atomic mass is 10.0. The second-order valence-corrected chi connectivity index (χ2v) is 7.44. The summed E-state index contributed by atoms with van der Waals surface area (Å²) >= 11 is 0. The molecule has 0 spiro atoms. The van der Waals surface area contributed by atoms with Crippen LogP contribution in [0.4, 0.5) is 0 Å². The van der Waals surface area contributed by atoms with Crippen LogP contribution in [0.2, 0.25) is 0 Å².